The van der Waals surface area contributed by atoms with Crippen molar-refractivity contribution in [2.45, 2.75) is 45.2 Å². The Kier molecular flexibility index (Phi) is 6.13. The number of hydrogen-bond acceptors (Lipinski definition) is 5. The minimum Gasteiger partial charge on any atom is -0.479 e. The lowest BCUT2D eigenvalue weighted by molar-refractivity contribution is -0.140. The van der Waals surface area contributed by atoms with Gasteiger partial charge in [-0.25, -0.2) is 9.48 Å². The van der Waals surface area contributed by atoms with Crippen molar-refractivity contribution >= 4 is 5.97 Å². The number of tetrazole rings is 1. The zero-order valence-corrected chi connectivity index (χ0v) is 19.4. The van der Waals surface area contributed by atoms with Crippen LogP contribution in [0, 0.1) is 0 Å². The van der Waals surface area contributed by atoms with E-state index in [1.165, 1.54) is 4.68 Å². The molecule has 0 amide bonds. The Morgan fingerprint density at radius 1 is 1.14 bits per heavy atom. The summed E-state index contributed by atoms with van der Waals surface area (Å²) in [5.41, 5.74) is 5.24. The highest BCUT2D eigenvalue weighted by atomic mass is 16.4. The average molecular weight is 471 g/mol. The minimum atomic E-state index is -1.03. The van der Waals surface area contributed by atoms with Gasteiger partial charge in [0.1, 0.15) is 0 Å². The third-order valence-electron chi connectivity index (χ3n) is 6.43. The summed E-state index contributed by atoms with van der Waals surface area (Å²) in [6.07, 6.45) is 6.53. The molecule has 0 fully saturated rings. The quantitative estimate of drug-likeness (QED) is 0.380. The Morgan fingerprint density at radius 2 is 1.91 bits per heavy atom. The van der Waals surface area contributed by atoms with Gasteiger partial charge in [0.25, 0.3) is 5.56 Å². The van der Waals surface area contributed by atoms with E-state index in [1.807, 2.05) is 59.3 Å². The number of carboxylic acid groups (broad SMARTS) is 1. The maximum Gasteiger partial charge on any atom is 0.332 e. The van der Waals surface area contributed by atoms with Crippen LogP contribution in [0.25, 0.3) is 22.5 Å². The van der Waals surface area contributed by atoms with Crippen molar-refractivity contribution in [1.29, 1.82) is 0 Å². The van der Waals surface area contributed by atoms with E-state index in [2.05, 4.69) is 27.5 Å². The number of H-pyrrole nitrogens is 1. The van der Waals surface area contributed by atoms with E-state index in [4.69, 9.17) is 0 Å². The Bertz CT molecular complexity index is 1430. The van der Waals surface area contributed by atoms with Crippen molar-refractivity contribution in [3.05, 3.63) is 87.9 Å². The van der Waals surface area contributed by atoms with Crippen LogP contribution in [0.3, 0.4) is 0 Å². The number of nitrogens with zero attached hydrogens (tertiary/aromatic N) is 5. The average Bonchev–Trinajstić information content (AvgIpc) is 3.51. The number of hydrogen-bond donors (Lipinski definition) is 2. The Hall–Kier alpha value is -4.27. The van der Waals surface area contributed by atoms with Crippen LogP contribution in [-0.4, -0.2) is 41.1 Å². The van der Waals surface area contributed by atoms with Crippen molar-refractivity contribution in [1.82, 2.24) is 30.0 Å². The molecule has 1 aliphatic rings. The van der Waals surface area contributed by atoms with Gasteiger partial charge in [-0.3, -0.25) is 9.48 Å². The molecule has 1 aliphatic heterocycles. The summed E-state index contributed by atoms with van der Waals surface area (Å²) in [6.45, 7) is 2.61. The highest BCUT2D eigenvalue weighted by Crippen LogP contribution is 2.30. The predicted octanol–water partition coefficient (Wildman–Crippen LogP) is 3.63. The predicted molar refractivity (Wildman–Crippen MR) is 131 cm³/mol. The minimum absolute atomic E-state index is 0.223. The van der Waals surface area contributed by atoms with Gasteiger partial charge < -0.3 is 5.11 Å². The van der Waals surface area contributed by atoms with Gasteiger partial charge in [0, 0.05) is 23.2 Å². The van der Waals surface area contributed by atoms with Crippen LogP contribution >= 0.6 is 0 Å². The van der Waals surface area contributed by atoms with E-state index in [0.717, 1.165) is 47.2 Å². The van der Waals surface area contributed by atoms with Crippen LogP contribution in [0.5, 0.6) is 0 Å². The van der Waals surface area contributed by atoms with E-state index in [0.29, 0.717) is 24.4 Å². The maximum atomic E-state index is 13.4. The van der Waals surface area contributed by atoms with Crippen LogP contribution in [0.15, 0.2) is 65.5 Å². The number of benzene rings is 2. The number of aromatic amines is 1. The number of allylic oxidation sites excluding steroid dienone is 1. The van der Waals surface area contributed by atoms with Crippen LogP contribution in [0.1, 0.15) is 42.6 Å². The lowest BCUT2D eigenvalue weighted by Crippen LogP contribution is -2.34. The number of rotatable bonds is 8. The molecule has 3 heterocycles. The topological polar surface area (TPSA) is 119 Å². The van der Waals surface area contributed by atoms with Crippen LogP contribution in [0.2, 0.25) is 0 Å². The molecule has 2 N–H and O–H groups in total. The zero-order chi connectivity index (χ0) is 24.4. The van der Waals surface area contributed by atoms with Gasteiger partial charge in [-0.15, -0.1) is 10.2 Å². The number of fused-ring (bicyclic) bond motifs is 1. The van der Waals surface area contributed by atoms with Crippen LogP contribution in [0.4, 0.5) is 0 Å². The summed E-state index contributed by atoms with van der Waals surface area (Å²) in [7, 11) is 0. The lowest BCUT2D eigenvalue weighted by atomic mass is 9.96. The second-order valence-electron chi connectivity index (χ2n) is 8.63. The molecule has 0 bridgehead atoms. The molecule has 178 valence electrons. The summed E-state index contributed by atoms with van der Waals surface area (Å²) in [4.78, 5) is 25.2. The fraction of sp³-hybridized carbons (Fsp3) is 0.269. The van der Waals surface area contributed by atoms with Gasteiger partial charge in [-0.1, -0.05) is 74.0 Å². The molecule has 0 saturated carbocycles. The summed E-state index contributed by atoms with van der Waals surface area (Å²) in [5.74, 6) is -0.501. The van der Waals surface area contributed by atoms with Crippen LogP contribution < -0.4 is 5.56 Å². The first kappa shape index (κ1) is 22.5. The summed E-state index contributed by atoms with van der Waals surface area (Å²) < 4.78 is 3.25. The number of aliphatic carboxylic acids is 1. The highest BCUT2D eigenvalue weighted by molar-refractivity contribution is 5.80. The first-order valence-electron chi connectivity index (χ1n) is 11.7. The molecule has 9 nitrogen and oxygen atoms in total. The first-order chi connectivity index (χ1) is 17.1. The van der Waals surface area contributed by atoms with E-state index in [-0.39, 0.29) is 5.56 Å². The molecule has 1 atom stereocenters. The zero-order valence-electron chi connectivity index (χ0n) is 19.4. The molecule has 9 heteroatoms. The van der Waals surface area contributed by atoms with Gasteiger partial charge >= 0.3 is 5.97 Å². The molecular formula is C26H26N6O3. The molecule has 0 radical (unpaired) electrons. The van der Waals surface area contributed by atoms with Crippen molar-refractivity contribution in [3.63, 3.8) is 0 Å². The summed E-state index contributed by atoms with van der Waals surface area (Å²) in [6, 6.07) is 15.0. The summed E-state index contributed by atoms with van der Waals surface area (Å²) in [5, 5.41) is 24.0. The Morgan fingerprint density at radius 3 is 2.60 bits per heavy atom. The Balaban J connectivity index is 1.49. The van der Waals surface area contributed by atoms with Crippen LogP contribution in [-0.2, 0) is 24.2 Å². The van der Waals surface area contributed by atoms with Crippen molar-refractivity contribution < 1.29 is 9.90 Å². The van der Waals surface area contributed by atoms with Gasteiger partial charge in [0.2, 0.25) is 5.82 Å². The molecule has 1 unspecified atom stereocenters. The second kappa shape index (κ2) is 9.54. The third kappa shape index (κ3) is 4.21. The fourth-order valence-electron chi connectivity index (χ4n) is 4.70. The molecule has 35 heavy (non-hydrogen) atoms. The second-order valence-corrected chi connectivity index (χ2v) is 8.63. The lowest BCUT2D eigenvalue weighted by Gasteiger charge is -2.21. The number of aromatic nitrogens is 6. The smallest absolute Gasteiger partial charge is 0.332 e. The normalized spacial score (nSPS) is 14.7. The van der Waals surface area contributed by atoms with E-state index >= 15 is 0 Å². The van der Waals surface area contributed by atoms with Gasteiger partial charge in [0.05, 0.1) is 6.54 Å². The Labute approximate surface area is 201 Å². The number of carboxylic acids is 1. The van der Waals surface area contributed by atoms with Crippen molar-refractivity contribution in [2.24, 2.45) is 0 Å². The third-order valence-corrected chi connectivity index (χ3v) is 6.43. The number of nitrogens with one attached hydrogen (secondary N) is 1. The summed E-state index contributed by atoms with van der Waals surface area (Å²) >= 11 is 0. The van der Waals surface area contributed by atoms with Gasteiger partial charge in [-0.2, -0.15) is 5.21 Å². The molecule has 5 rings (SSSR count). The molecule has 2 aromatic heterocycles. The van der Waals surface area contributed by atoms with Crippen molar-refractivity contribution in [2.75, 3.05) is 0 Å². The maximum absolute atomic E-state index is 13.4. The molecule has 0 saturated heterocycles. The fourth-order valence-corrected chi connectivity index (χ4v) is 4.70. The van der Waals surface area contributed by atoms with Gasteiger partial charge in [0.15, 0.2) is 6.04 Å². The van der Waals surface area contributed by atoms with Gasteiger partial charge in [-0.05, 0) is 34.7 Å². The number of unbranched alkanes of at least 4 members (excludes halogenated alkanes) is 1. The standard InChI is InChI=1S/C26H26N6O3/c1-2-3-9-22-21(25(33)32-23(26(34)35)10-6-15-31(22)32)16-17-11-13-18(14-12-17)19-7-4-5-8-20(19)24-27-29-30-28-24/h4-8,10-14,23H,2-3,9,15-16H2,1H3,(H,34,35)(H,27,28,29,30). The monoisotopic (exact) mass is 470 g/mol. The molecule has 0 aliphatic carbocycles. The molecular weight excluding hydrogens is 444 g/mol. The van der Waals surface area contributed by atoms with E-state index in [9.17, 15) is 14.7 Å². The van der Waals surface area contributed by atoms with E-state index < -0.39 is 12.0 Å². The van der Waals surface area contributed by atoms with Crippen molar-refractivity contribution in [3.8, 4) is 22.5 Å². The molecule has 4 aromatic rings. The largest absolute Gasteiger partial charge is 0.479 e. The number of carbonyl (C=O) groups is 1. The molecule has 2 aromatic carbocycles. The highest BCUT2D eigenvalue weighted by Gasteiger charge is 2.29. The van der Waals surface area contributed by atoms with E-state index in [1.54, 1.807) is 6.08 Å². The first-order valence-corrected chi connectivity index (χ1v) is 11.7. The molecule has 0 spiro atoms. The SMILES string of the molecule is CCCCc1c(Cc2ccc(-c3ccccc3-c3nn[nH]n3)cc2)c(=O)n2n1CC=CC2C(=O)O.